The molecule has 28 heavy (non-hydrogen) atoms. The Bertz CT molecular complexity index is 890. The number of nitrogens with one attached hydrogen (secondary N) is 1. The minimum atomic E-state index is -3.60. The number of aryl methyl sites for hydroxylation is 1. The molecule has 1 aromatic carbocycles. The van der Waals surface area contributed by atoms with E-state index in [1.165, 1.54) is 10.4 Å². The van der Waals surface area contributed by atoms with Gasteiger partial charge in [0, 0.05) is 18.8 Å². The summed E-state index contributed by atoms with van der Waals surface area (Å²) in [4.78, 5) is 12.8. The predicted octanol–water partition coefficient (Wildman–Crippen LogP) is 2.27. The van der Waals surface area contributed by atoms with E-state index in [0.29, 0.717) is 24.3 Å². The molecule has 7 nitrogen and oxygen atoms in total. The van der Waals surface area contributed by atoms with Crippen LogP contribution in [0.4, 0.5) is 5.69 Å². The molecule has 0 aliphatic rings. The van der Waals surface area contributed by atoms with Crippen LogP contribution >= 0.6 is 0 Å². The van der Waals surface area contributed by atoms with Gasteiger partial charge in [-0.15, -0.1) is 0 Å². The van der Waals surface area contributed by atoms with Crippen LogP contribution in [0.1, 0.15) is 45.1 Å². The zero-order valence-electron chi connectivity index (χ0n) is 17.1. The van der Waals surface area contributed by atoms with Crippen molar-refractivity contribution in [2.75, 3.05) is 18.4 Å². The number of nitrogens with two attached hydrogens (primary N) is 1. The number of quaternary nitrogens is 1. The monoisotopic (exact) mass is 408 g/mol. The van der Waals surface area contributed by atoms with Gasteiger partial charge in [-0.2, -0.15) is 4.31 Å². The maximum atomic E-state index is 12.9. The summed E-state index contributed by atoms with van der Waals surface area (Å²) in [5, 5.41) is 4.72. The summed E-state index contributed by atoms with van der Waals surface area (Å²) >= 11 is 0. The average Bonchev–Trinajstić information content (AvgIpc) is 3.18. The second kappa shape index (κ2) is 9.36. The summed E-state index contributed by atoms with van der Waals surface area (Å²) in [7, 11) is -3.60. The Morgan fingerprint density at radius 2 is 1.89 bits per heavy atom. The topological polar surface area (TPSA) is 96.2 Å². The van der Waals surface area contributed by atoms with Crippen molar-refractivity contribution in [2.45, 2.75) is 51.6 Å². The molecule has 1 aromatic heterocycles. The van der Waals surface area contributed by atoms with Gasteiger partial charge in [0.1, 0.15) is 6.04 Å². The van der Waals surface area contributed by atoms with Crippen molar-refractivity contribution in [3.05, 3.63) is 47.9 Å². The second-order valence-electron chi connectivity index (χ2n) is 6.84. The molecule has 2 aromatic rings. The molecule has 2 rings (SSSR count). The van der Waals surface area contributed by atoms with Gasteiger partial charge in [0.15, 0.2) is 11.8 Å². The van der Waals surface area contributed by atoms with Gasteiger partial charge in [0.25, 0.3) is 5.91 Å². The van der Waals surface area contributed by atoms with Crippen LogP contribution in [0.25, 0.3) is 0 Å². The number of anilines is 1. The molecule has 0 saturated heterocycles. The first kappa shape index (κ1) is 22.1. The first-order valence-corrected chi connectivity index (χ1v) is 10.9. The lowest BCUT2D eigenvalue weighted by Crippen LogP contribution is -2.91. The number of hydrogen-bond acceptors (Lipinski definition) is 4. The number of benzene rings is 1. The molecule has 0 fully saturated rings. The highest BCUT2D eigenvalue weighted by Crippen LogP contribution is 2.23. The Kier molecular flexibility index (Phi) is 7.40. The number of furan rings is 1. The van der Waals surface area contributed by atoms with Gasteiger partial charge >= 0.3 is 0 Å². The summed E-state index contributed by atoms with van der Waals surface area (Å²) in [6.07, 6.45) is 1.61. The number of amides is 1. The molecule has 0 radical (unpaired) electrons. The van der Waals surface area contributed by atoms with E-state index in [9.17, 15) is 13.2 Å². The molecule has 2 atom stereocenters. The van der Waals surface area contributed by atoms with Crippen LogP contribution in [0, 0.1) is 6.92 Å². The van der Waals surface area contributed by atoms with Gasteiger partial charge in [-0.25, -0.2) is 8.42 Å². The maximum absolute atomic E-state index is 12.9. The molecule has 154 valence electrons. The standard InChI is InChI=1S/C20H29N3O4S/c1-6-23(7-2)28(25,26)19-13-17(11-10-14(19)3)22-20(24)16(5)21-15(4)18-9-8-12-27-18/h8-13,15-16,21H,6-7H2,1-5H3,(H,22,24)/p+1/t15-,16+/m0/s1. The van der Waals surface area contributed by atoms with Crippen LogP contribution < -0.4 is 10.6 Å². The van der Waals surface area contributed by atoms with Gasteiger partial charge in [0.05, 0.1) is 11.2 Å². The zero-order chi connectivity index (χ0) is 20.9. The number of rotatable bonds is 9. The van der Waals surface area contributed by atoms with E-state index in [1.54, 1.807) is 46.1 Å². The van der Waals surface area contributed by atoms with E-state index in [1.807, 2.05) is 24.4 Å². The van der Waals surface area contributed by atoms with E-state index >= 15 is 0 Å². The molecule has 0 aliphatic heterocycles. The molecule has 0 unspecified atom stereocenters. The number of hydrogen-bond donors (Lipinski definition) is 2. The fraction of sp³-hybridized carbons (Fsp3) is 0.450. The van der Waals surface area contributed by atoms with Crippen molar-refractivity contribution >= 4 is 21.6 Å². The number of sulfonamides is 1. The molecular weight excluding hydrogens is 378 g/mol. The quantitative estimate of drug-likeness (QED) is 0.665. The molecule has 0 aliphatic carbocycles. The fourth-order valence-electron chi connectivity index (χ4n) is 3.08. The largest absolute Gasteiger partial charge is 0.463 e. The maximum Gasteiger partial charge on any atom is 0.282 e. The molecule has 0 saturated carbocycles. The Morgan fingerprint density at radius 3 is 2.46 bits per heavy atom. The lowest BCUT2D eigenvalue weighted by Gasteiger charge is -2.20. The smallest absolute Gasteiger partial charge is 0.282 e. The molecule has 8 heteroatoms. The third-order valence-electron chi connectivity index (χ3n) is 4.76. The fourth-order valence-corrected chi connectivity index (χ4v) is 4.79. The Balaban J connectivity index is 2.15. The normalized spacial score (nSPS) is 14.1. The third kappa shape index (κ3) is 5.01. The van der Waals surface area contributed by atoms with Crippen molar-refractivity contribution in [1.82, 2.24) is 4.31 Å². The number of carbonyl (C=O) groups excluding carboxylic acids is 1. The Hall–Kier alpha value is -2.16. The first-order valence-electron chi connectivity index (χ1n) is 9.50. The van der Waals surface area contributed by atoms with Crippen molar-refractivity contribution < 1.29 is 22.9 Å². The molecule has 0 spiro atoms. The van der Waals surface area contributed by atoms with Crippen LogP contribution in [0.3, 0.4) is 0 Å². The summed E-state index contributed by atoms with van der Waals surface area (Å²) in [5.41, 5.74) is 1.11. The third-order valence-corrected chi connectivity index (χ3v) is 6.95. The van der Waals surface area contributed by atoms with E-state index in [2.05, 4.69) is 5.32 Å². The van der Waals surface area contributed by atoms with Gasteiger partial charge in [0.2, 0.25) is 10.0 Å². The highest BCUT2D eigenvalue weighted by molar-refractivity contribution is 7.89. The lowest BCUT2D eigenvalue weighted by atomic mass is 10.2. The minimum Gasteiger partial charge on any atom is -0.463 e. The van der Waals surface area contributed by atoms with Crippen LogP contribution in [0.5, 0.6) is 0 Å². The van der Waals surface area contributed by atoms with E-state index in [0.717, 1.165) is 5.76 Å². The lowest BCUT2D eigenvalue weighted by molar-refractivity contribution is -0.711. The van der Waals surface area contributed by atoms with Gasteiger partial charge in [-0.1, -0.05) is 19.9 Å². The minimum absolute atomic E-state index is 0.00706. The summed E-state index contributed by atoms with van der Waals surface area (Å²) in [6, 6.07) is 8.27. The van der Waals surface area contributed by atoms with E-state index < -0.39 is 10.0 Å². The van der Waals surface area contributed by atoms with Gasteiger partial charge < -0.3 is 15.1 Å². The molecule has 1 amide bonds. The Labute approximate surface area is 167 Å². The number of nitrogens with zero attached hydrogens (tertiary/aromatic N) is 1. The zero-order valence-corrected chi connectivity index (χ0v) is 17.9. The summed E-state index contributed by atoms with van der Waals surface area (Å²) in [6.45, 7) is 9.92. The summed E-state index contributed by atoms with van der Waals surface area (Å²) < 4.78 is 32.5. The van der Waals surface area contributed by atoms with Crippen LogP contribution in [0.2, 0.25) is 0 Å². The van der Waals surface area contributed by atoms with Crippen LogP contribution in [-0.2, 0) is 14.8 Å². The highest BCUT2D eigenvalue weighted by atomic mass is 32.2. The van der Waals surface area contributed by atoms with Crippen LogP contribution in [-0.4, -0.2) is 37.8 Å². The van der Waals surface area contributed by atoms with Crippen LogP contribution in [0.15, 0.2) is 45.9 Å². The van der Waals surface area contributed by atoms with E-state index in [-0.39, 0.29) is 22.9 Å². The predicted molar refractivity (Wildman–Crippen MR) is 108 cm³/mol. The van der Waals surface area contributed by atoms with Gasteiger partial charge in [-0.05, 0) is 50.6 Å². The summed E-state index contributed by atoms with van der Waals surface area (Å²) in [5.74, 6) is 0.594. The molecule has 1 heterocycles. The van der Waals surface area contributed by atoms with Crippen molar-refractivity contribution in [1.29, 1.82) is 0 Å². The Morgan fingerprint density at radius 1 is 1.21 bits per heavy atom. The second-order valence-corrected chi connectivity index (χ2v) is 8.75. The van der Waals surface area contributed by atoms with Crippen molar-refractivity contribution in [2.24, 2.45) is 0 Å². The molecule has 0 bridgehead atoms. The van der Waals surface area contributed by atoms with Crippen molar-refractivity contribution in [3.8, 4) is 0 Å². The van der Waals surface area contributed by atoms with Crippen molar-refractivity contribution in [3.63, 3.8) is 0 Å². The number of carbonyl (C=O) groups is 1. The molecular formula is C20H30N3O4S+. The average molecular weight is 409 g/mol. The van der Waals surface area contributed by atoms with Gasteiger partial charge in [-0.3, -0.25) is 4.79 Å². The highest BCUT2D eigenvalue weighted by Gasteiger charge is 2.25. The van der Waals surface area contributed by atoms with E-state index in [4.69, 9.17) is 4.42 Å². The molecule has 3 N–H and O–H groups in total. The first-order chi connectivity index (χ1) is 13.2. The SMILES string of the molecule is CCN(CC)S(=O)(=O)c1cc(NC(=O)[C@@H](C)[NH2+][C@@H](C)c2ccco2)ccc1C.